The van der Waals surface area contributed by atoms with Crippen molar-refractivity contribution >= 4 is 23.4 Å². The number of carbonyl (C=O) groups excluding carboxylic acids is 1. The number of hydrogen-bond acceptors (Lipinski definition) is 6. The molecule has 168 valence electrons. The molecule has 10 heteroatoms. The smallest absolute Gasteiger partial charge is 0.387 e. The third-order valence-corrected chi connectivity index (χ3v) is 5.92. The lowest BCUT2D eigenvalue weighted by molar-refractivity contribution is -0.113. The lowest BCUT2D eigenvalue weighted by Gasteiger charge is -2.16. The minimum atomic E-state index is -2.97. The van der Waals surface area contributed by atoms with Gasteiger partial charge in [-0.05, 0) is 50.2 Å². The van der Waals surface area contributed by atoms with E-state index < -0.39 is 6.61 Å². The third kappa shape index (κ3) is 5.63. The van der Waals surface area contributed by atoms with E-state index in [-0.39, 0.29) is 23.1 Å². The van der Waals surface area contributed by atoms with Crippen molar-refractivity contribution in [2.45, 2.75) is 31.2 Å². The third-order valence-electron chi connectivity index (χ3n) is 4.99. The fourth-order valence-electron chi connectivity index (χ4n) is 3.56. The van der Waals surface area contributed by atoms with Crippen LogP contribution in [-0.2, 0) is 11.3 Å². The zero-order valence-electron chi connectivity index (χ0n) is 17.3. The van der Waals surface area contributed by atoms with Crippen LogP contribution in [0.5, 0.6) is 5.75 Å². The summed E-state index contributed by atoms with van der Waals surface area (Å²) in [7, 11) is 0. The molecule has 2 heterocycles. The highest BCUT2D eigenvalue weighted by Gasteiger charge is 2.20. The van der Waals surface area contributed by atoms with E-state index in [2.05, 4.69) is 25.2 Å². The first-order chi connectivity index (χ1) is 15.6. The maximum Gasteiger partial charge on any atom is 0.387 e. The molecule has 0 saturated carbocycles. The summed E-state index contributed by atoms with van der Waals surface area (Å²) in [6.07, 6.45) is 2.36. The summed E-state index contributed by atoms with van der Waals surface area (Å²) in [5, 5.41) is 11.9. The SMILES string of the molecule is O=C(CSc1nnc(CN2CCCC2)n1-c1ccccc1)Nc1ccccc1OC(F)F. The van der Waals surface area contributed by atoms with Gasteiger partial charge in [-0.25, -0.2) is 0 Å². The van der Waals surface area contributed by atoms with Gasteiger partial charge >= 0.3 is 6.61 Å². The molecule has 0 aliphatic carbocycles. The molecule has 0 unspecified atom stereocenters. The summed E-state index contributed by atoms with van der Waals surface area (Å²) in [5.41, 5.74) is 1.11. The van der Waals surface area contributed by atoms with E-state index in [0.29, 0.717) is 11.7 Å². The first kappa shape index (κ1) is 22.2. The number of nitrogens with one attached hydrogen (secondary N) is 1. The molecule has 0 atom stereocenters. The molecule has 4 rings (SSSR count). The molecular weight excluding hydrogens is 436 g/mol. The number of benzene rings is 2. The van der Waals surface area contributed by atoms with Gasteiger partial charge in [0.25, 0.3) is 0 Å². The maximum atomic E-state index is 12.6. The largest absolute Gasteiger partial charge is 0.433 e. The zero-order valence-corrected chi connectivity index (χ0v) is 18.1. The zero-order chi connectivity index (χ0) is 22.3. The number of alkyl halides is 2. The van der Waals surface area contributed by atoms with Crippen molar-refractivity contribution in [2.24, 2.45) is 0 Å². The van der Waals surface area contributed by atoms with Gasteiger partial charge < -0.3 is 10.1 Å². The van der Waals surface area contributed by atoms with Crippen LogP contribution >= 0.6 is 11.8 Å². The number of para-hydroxylation sites is 3. The van der Waals surface area contributed by atoms with Gasteiger partial charge in [0.1, 0.15) is 5.75 Å². The number of halogens is 2. The normalized spacial score (nSPS) is 14.1. The molecule has 7 nitrogen and oxygen atoms in total. The van der Waals surface area contributed by atoms with E-state index in [0.717, 1.165) is 24.6 Å². The van der Waals surface area contributed by atoms with E-state index in [4.69, 9.17) is 0 Å². The Labute approximate surface area is 188 Å². The van der Waals surface area contributed by atoms with E-state index in [1.54, 1.807) is 12.1 Å². The van der Waals surface area contributed by atoms with Crippen LogP contribution in [0.2, 0.25) is 0 Å². The lowest BCUT2D eigenvalue weighted by atomic mass is 10.3. The van der Waals surface area contributed by atoms with Crippen molar-refractivity contribution < 1.29 is 18.3 Å². The Bertz CT molecular complexity index is 1040. The standard InChI is InChI=1S/C22H23F2N5O2S/c23-21(24)31-18-11-5-4-10-17(18)25-20(30)15-32-22-27-26-19(14-28-12-6-7-13-28)29(22)16-8-2-1-3-9-16/h1-5,8-11,21H,6-7,12-15H2,(H,25,30). The predicted octanol–water partition coefficient (Wildman–Crippen LogP) is 4.20. The second-order valence-corrected chi connectivity index (χ2v) is 8.21. The number of amides is 1. The minimum Gasteiger partial charge on any atom is -0.433 e. The molecule has 1 N–H and O–H groups in total. The molecule has 0 radical (unpaired) electrons. The van der Waals surface area contributed by atoms with Gasteiger partial charge in [-0.15, -0.1) is 10.2 Å². The Morgan fingerprint density at radius 2 is 1.78 bits per heavy atom. The molecule has 2 aromatic carbocycles. The number of carbonyl (C=O) groups is 1. The number of nitrogens with zero attached hydrogens (tertiary/aromatic N) is 4. The average Bonchev–Trinajstić information content (AvgIpc) is 3.44. The van der Waals surface area contributed by atoms with E-state index in [1.807, 2.05) is 34.9 Å². The van der Waals surface area contributed by atoms with Gasteiger partial charge in [-0.2, -0.15) is 8.78 Å². The fraction of sp³-hybridized carbons (Fsp3) is 0.318. The monoisotopic (exact) mass is 459 g/mol. The number of aromatic nitrogens is 3. The predicted molar refractivity (Wildman–Crippen MR) is 118 cm³/mol. The van der Waals surface area contributed by atoms with Crippen LogP contribution in [0.15, 0.2) is 59.8 Å². The Balaban J connectivity index is 1.47. The Morgan fingerprint density at radius 1 is 1.06 bits per heavy atom. The van der Waals surface area contributed by atoms with Crippen LogP contribution in [0.25, 0.3) is 5.69 Å². The topological polar surface area (TPSA) is 72.3 Å². The molecule has 32 heavy (non-hydrogen) atoms. The summed E-state index contributed by atoms with van der Waals surface area (Å²) in [5.74, 6) is 0.416. The Hall–Kier alpha value is -2.98. The highest BCUT2D eigenvalue weighted by atomic mass is 32.2. The van der Waals surface area contributed by atoms with Crippen molar-refractivity contribution in [3.05, 3.63) is 60.4 Å². The van der Waals surface area contributed by atoms with Gasteiger partial charge in [0.15, 0.2) is 11.0 Å². The number of anilines is 1. The molecule has 1 fully saturated rings. The van der Waals surface area contributed by atoms with Crippen molar-refractivity contribution in [1.29, 1.82) is 0 Å². The number of hydrogen-bond donors (Lipinski definition) is 1. The number of rotatable bonds is 9. The highest BCUT2D eigenvalue weighted by molar-refractivity contribution is 7.99. The van der Waals surface area contributed by atoms with Crippen molar-refractivity contribution in [3.63, 3.8) is 0 Å². The second kappa shape index (κ2) is 10.6. The van der Waals surface area contributed by atoms with Crippen LogP contribution in [0.3, 0.4) is 0 Å². The molecule has 0 spiro atoms. The van der Waals surface area contributed by atoms with Crippen LogP contribution in [0.4, 0.5) is 14.5 Å². The fourth-order valence-corrected chi connectivity index (χ4v) is 4.33. The number of thioether (sulfide) groups is 1. The molecular formula is C22H23F2N5O2S. The summed E-state index contributed by atoms with van der Waals surface area (Å²) in [6, 6.07) is 15.9. The molecule has 1 aliphatic rings. The summed E-state index contributed by atoms with van der Waals surface area (Å²) >= 11 is 1.24. The van der Waals surface area contributed by atoms with Crippen LogP contribution in [0, 0.1) is 0 Å². The Morgan fingerprint density at radius 3 is 2.53 bits per heavy atom. The van der Waals surface area contributed by atoms with Gasteiger partial charge in [0.05, 0.1) is 18.0 Å². The number of ether oxygens (including phenoxy) is 1. The number of likely N-dealkylation sites (tertiary alicyclic amines) is 1. The maximum absolute atomic E-state index is 12.6. The molecule has 1 saturated heterocycles. The van der Waals surface area contributed by atoms with Crippen molar-refractivity contribution in [1.82, 2.24) is 19.7 Å². The molecule has 3 aromatic rings. The van der Waals surface area contributed by atoms with E-state index in [1.165, 1.54) is 36.7 Å². The summed E-state index contributed by atoms with van der Waals surface area (Å²) < 4.78 is 31.6. The summed E-state index contributed by atoms with van der Waals surface area (Å²) in [4.78, 5) is 14.9. The van der Waals surface area contributed by atoms with E-state index in [9.17, 15) is 13.6 Å². The van der Waals surface area contributed by atoms with Crippen LogP contribution in [0.1, 0.15) is 18.7 Å². The second-order valence-electron chi connectivity index (χ2n) is 7.26. The van der Waals surface area contributed by atoms with Gasteiger partial charge in [-0.1, -0.05) is 42.1 Å². The first-order valence-corrected chi connectivity index (χ1v) is 11.3. The minimum absolute atomic E-state index is 0.0394. The average molecular weight is 460 g/mol. The molecule has 1 aromatic heterocycles. The van der Waals surface area contributed by atoms with Crippen LogP contribution < -0.4 is 10.1 Å². The first-order valence-electron chi connectivity index (χ1n) is 10.3. The van der Waals surface area contributed by atoms with Gasteiger partial charge in [-0.3, -0.25) is 14.3 Å². The van der Waals surface area contributed by atoms with Crippen molar-refractivity contribution in [2.75, 3.05) is 24.2 Å². The molecule has 1 amide bonds. The molecule has 0 bridgehead atoms. The highest BCUT2D eigenvalue weighted by Crippen LogP contribution is 2.27. The van der Waals surface area contributed by atoms with Gasteiger partial charge in [0, 0.05) is 5.69 Å². The van der Waals surface area contributed by atoms with Gasteiger partial charge in [0.2, 0.25) is 5.91 Å². The van der Waals surface area contributed by atoms with Crippen molar-refractivity contribution in [3.8, 4) is 11.4 Å². The Kier molecular flexibility index (Phi) is 7.33. The quantitative estimate of drug-likeness (QED) is 0.484. The summed E-state index contributed by atoms with van der Waals surface area (Å²) in [6.45, 7) is -0.215. The molecule has 1 aliphatic heterocycles. The van der Waals surface area contributed by atoms with E-state index >= 15 is 0 Å². The lowest BCUT2D eigenvalue weighted by Crippen LogP contribution is -2.21. The van der Waals surface area contributed by atoms with Crippen LogP contribution in [-0.4, -0.2) is 51.0 Å².